The second-order valence-corrected chi connectivity index (χ2v) is 6.31. The van der Waals surface area contributed by atoms with Crippen LogP contribution in [0.15, 0.2) is 48.5 Å². The molecule has 0 saturated carbocycles. The van der Waals surface area contributed by atoms with E-state index in [0.717, 1.165) is 16.6 Å². The molecular formula is C18H13ClF3N3O. The van der Waals surface area contributed by atoms with Crippen molar-refractivity contribution in [2.45, 2.75) is 12.9 Å². The molecule has 2 aromatic carbocycles. The van der Waals surface area contributed by atoms with Crippen LogP contribution in [0.5, 0.6) is 5.75 Å². The first kappa shape index (κ1) is 16.8. The van der Waals surface area contributed by atoms with Crippen LogP contribution in [0, 0.1) is 0 Å². The molecule has 0 atom stereocenters. The zero-order chi connectivity index (χ0) is 18.5. The largest absolute Gasteiger partial charge is 0.573 e. The monoisotopic (exact) mass is 379 g/mol. The summed E-state index contributed by atoms with van der Waals surface area (Å²) in [6, 6.07) is 13.6. The second kappa shape index (κ2) is 5.95. The molecule has 1 aliphatic rings. The number of hydrogen-bond acceptors (Lipinski definition) is 4. The van der Waals surface area contributed by atoms with Crippen LogP contribution in [0.2, 0.25) is 5.02 Å². The van der Waals surface area contributed by atoms with Crippen molar-refractivity contribution in [3.8, 4) is 5.75 Å². The Bertz CT molecular complexity index is 993. The number of benzene rings is 2. The summed E-state index contributed by atoms with van der Waals surface area (Å²) in [6.45, 7) is 0.379. The lowest BCUT2D eigenvalue weighted by Crippen LogP contribution is -2.34. The number of hydrogen-bond donors (Lipinski definition) is 0. The third-order valence-electron chi connectivity index (χ3n) is 4.24. The molecule has 134 valence electrons. The maximum absolute atomic E-state index is 12.4. The number of aromatic nitrogens is 1. The minimum absolute atomic E-state index is 0.235. The second-order valence-electron chi connectivity index (χ2n) is 5.90. The first-order valence-corrected chi connectivity index (χ1v) is 8.15. The van der Waals surface area contributed by atoms with Crippen LogP contribution >= 0.6 is 11.6 Å². The number of pyridine rings is 1. The van der Waals surface area contributed by atoms with Gasteiger partial charge in [-0.05, 0) is 36.4 Å². The number of alkyl halides is 3. The van der Waals surface area contributed by atoms with Crippen molar-refractivity contribution in [1.29, 1.82) is 0 Å². The number of anilines is 2. The van der Waals surface area contributed by atoms with E-state index in [-0.39, 0.29) is 5.75 Å². The smallest absolute Gasteiger partial charge is 0.406 e. The summed E-state index contributed by atoms with van der Waals surface area (Å²) in [7, 11) is 1.83. The average Bonchev–Trinajstić information content (AvgIpc) is 2.90. The topological polar surface area (TPSA) is 28.6 Å². The van der Waals surface area contributed by atoms with E-state index in [1.807, 2.05) is 41.3 Å². The molecule has 1 aromatic heterocycles. The van der Waals surface area contributed by atoms with E-state index >= 15 is 0 Å². The van der Waals surface area contributed by atoms with Crippen molar-refractivity contribution in [1.82, 2.24) is 4.98 Å². The molecule has 4 rings (SSSR count). The number of halogens is 4. The number of fused-ring (bicyclic) bond motifs is 2. The van der Waals surface area contributed by atoms with Gasteiger partial charge in [-0.3, -0.25) is 10.0 Å². The van der Waals surface area contributed by atoms with E-state index < -0.39 is 6.36 Å². The molecule has 0 fully saturated rings. The van der Waals surface area contributed by atoms with Crippen LogP contribution in [0.25, 0.3) is 10.9 Å². The highest BCUT2D eigenvalue weighted by Gasteiger charge is 2.32. The summed E-state index contributed by atoms with van der Waals surface area (Å²) in [5, 5.41) is 5.17. The molecule has 4 nitrogen and oxygen atoms in total. The number of para-hydroxylation sites is 1. The quantitative estimate of drug-likeness (QED) is 0.615. The Morgan fingerprint density at radius 1 is 1.12 bits per heavy atom. The van der Waals surface area contributed by atoms with E-state index in [9.17, 15) is 13.2 Å². The Morgan fingerprint density at radius 3 is 2.69 bits per heavy atom. The highest BCUT2D eigenvalue weighted by Crippen LogP contribution is 2.37. The lowest BCUT2D eigenvalue weighted by Gasteiger charge is -2.27. The molecule has 0 spiro atoms. The van der Waals surface area contributed by atoms with Gasteiger partial charge in [0, 0.05) is 18.0 Å². The lowest BCUT2D eigenvalue weighted by atomic mass is 10.2. The molecule has 0 radical (unpaired) electrons. The molecule has 8 heteroatoms. The summed E-state index contributed by atoms with van der Waals surface area (Å²) in [5.41, 5.74) is 2.19. The standard InChI is InChI=1S/C18H13ClF3N3O/c1-24-15-7-6-13(26-18(20,21)22)9-12(15)10-25(24)16-8-5-11-3-2-4-14(19)17(11)23-16/h2-9H,10H2,1H3. The van der Waals surface area contributed by atoms with E-state index in [0.29, 0.717) is 22.9 Å². The molecule has 0 bridgehead atoms. The maximum atomic E-state index is 12.4. The summed E-state index contributed by atoms with van der Waals surface area (Å²) < 4.78 is 41.3. The Kier molecular flexibility index (Phi) is 3.84. The molecular weight excluding hydrogens is 367 g/mol. The van der Waals surface area contributed by atoms with Crippen molar-refractivity contribution in [2.75, 3.05) is 17.1 Å². The highest BCUT2D eigenvalue weighted by atomic mass is 35.5. The highest BCUT2D eigenvalue weighted by molar-refractivity contribution is 6.35. The maximum Gasteiger partial charge on any atom is 0.573 e. The van der Waals surface area contributed by atoms with Crippen molar-refractivity contribution in [2.24, 2.45) is 0 Å². The van der Waals surface area contributed by atoms with Gasteiger partial charge in [0.15, 0.2) is 0 Å². The van der Waals surface area contributed by atoms with Crippen LogP contribution in [-0.2, 0) is 6.54 Å². The van der Waals surface area contributed by atoms with Gasteiger partial charge in [-0.1, -0.05) is 23.7 Å². The first-order chi connectivity index (χ1) is 12.3. The molecule has 2 heterocycles. The Morgan fingerprint density at radius 2 is 1.92 bits per heavy atom. The predicted octanol–water partition coefficient (Wildman–Crippen LogP) is 5.16. The fourth-order valence-corrected chi connectivity index (χ4v) is 3.30. The first-order valence-electron chi connectivity index (χ1n) is 7.77. The van der Waals surface area contributed by atoms with Crippen LogP contribution < -0.4 is 14.8 Å². The molecule has 0 saturated heterocycles. The van der Waals surface area contributed by atoms with Gasteiger partial charge in [-0.15, -0.1) is 13.2 Å². The summed E-state index contributed by atoms with van der Waals surface area (Å²) >= 11 is 6.23. The fraction of sp³-hybridized carbons (Fsp3) is 0.167. The summed E-state index contributed by atoms with van der Waals surface area (Å²) in [4.78, 5) is 4.61. The van der Waals surface area contributed by atoms with Gasteiger partial charge < -0.3 is 4.74 Å². The normalized spacial score (nSPS) is 14.0. The van der Waals surface area contributed by atoms with E-state index in [2.05, 4.69) is 9.72 Å². The number of rotatable bonds is 2. The SMILES string of the molecule is CN1c2ccc(OC(F)(F)F)cc2CN1c1ccc2cccc(Cl)c2n1. The Labute approximate surface area is 152 Å². The molecule has 1 aliphatic heterocycles. The van der Waals surface area contributed by atoms with E-state index in [4.69, 9.17) is 11.6 Å². The molecule has 0 amide bonds. The predicted molar refractivity (Wildman–Crippen MR) is 94.5 cm³/mol. The zero-order valence-corrected chi connectivity index (χ0v) is 14.3. The van der Waals surface area contributed by atoms with Gasteiger partial charge >= 0.3 is 6.36 Å². The fourth-order valence-electron chi connectivity index (χ4n) is 3.08. The van der Waals surface area contributed by atoms with Crippen molar-refractivity contribution >= 4 is 34.0 Å². The molecule has 26 heavy (non-hydrogen) atoms. The minimum atomic E-state index is -4.71. The van der Waals surface area contributed by atoms with Gasteiger partial charge in [0.2, 0.25) is 0 Å². The zero-order valence-electron chi connectivity index (χ0n) is 13.6. The van der Waals surface area contributed by atoms with Gasteiger partial charge in [0.25, 0.3) is 0 Å². The molecule has 0 N–H and O–H groups in total. The van der Waals surface area contributed by atoms with Crippen LogP contribution in [-0.4, -0.2) is 18.4 Å². The molecule has 3 aromatic rings. The van der Waals surface area contributed by atoms with Crippen molar-refractivity contribution in [3.63, 3.8) is 0 Å². The van der Waals surface area contributed by atoms with Gasteiger partial charge in [-0.25, -0.2) is 4.98 Å². The number of nitrogens with zero attached hydrogens (tertiary/aromatic N) is 3. The van der Waals surface area contributed by atoms with Crippen molar-refractivity contribution < 1.29 is 17.9 Å². The molecule has 0 unspecified atom stereocenters. The van der Waals surface area contributed by atoms with Crippen molar-refractivity contribution in [3.05, 3.63) is 59.1 Å². The number of hydrazine groups is 1. The lowest BCUT2D eigenvalue weighted by molar-refractivity contribution is -0.274. The third kappa shape index (κ3) is 2.99. The van der Waals surface area contributed by atoms with E-state index in [1.165, 1.54) is 12.1 Å². The Hall–Kier alpha value is -2.67. The Balaban J connectivity index is 1.68. The van der Waals surface area contributed by atoms with Crippen LogP contribution in [0.4, 0.5) is 24.7 Å². The number of ether oxygens (including phenoxy) is 1. The van der Waals surface area contributed by atoms with Gasteiger partial charge in [0.1, 0.15) is 11.6 Å². The van der Waals surface area contributed by atoms with Gasteiger partial charge in [0.05, 0.1) is 22.8 Å². The van der Waals surface area contributed by atoms with Crippen LogP contribution in [0.3, 0.4) is 0 Å². The van der Waals surface area contributed by atoms with Gasteiger partial charge in [-0.2, -0.15) is 0 Å². The molecule has 0 aliphatic carbocycles. The average molecular weight is 380 g/mol. The summed E-state index contributed by atoms with van der Waals surface area (Å²) in [6.07, 6.45) is -4.71. The van der Waals surface area contributed by atoms with Crippen LogP contribution in [0.1, 0.15) is 5.56 Å². The summed E-state index contributed by atoms with van der Waals surface area (Å²) in [5.74, 6) is 0.420. The minimum Gasteiger partial charge on any atom is -0.406 e. The van der Waals surface area contributed by atoms with E-state index in [1.54, 1.807) is 12.1 Å². The third-order valence-corrected chi connectivity index (χ3v) is 4.54.